The fourth-order valence-electron chi connectivity index (χ4n) is 2.52. The highest BCUT2D eigenvalue weighted by Crippen LogP contribution is 2.37. The molecule has 0 aromatic heterocycles. The van der Waals surface area contributed by atoms with Gasteiger partial charge in [-0.05, 0) is 12.1 Å². The van der Waals surface area contributed by atoms with Crippen molar-refractivity contribution in [1.82, 2.24) is 10.2 Å². The van der Waals surface area contributed by atoms with Crippen LogP contribution in [0.4, 0.5) is 23.7 Å². The maximum atomic E-state index is 14.0. The number of para-hydroxylation sites is 1. The van der Waals surface area contributed by atoms with Crippen molar-refractivity contribution < 1.29 is 27.9 Å². The number of piperidine rings is 1. The zero-order chi connectivity index (χ0) is 18.0. The zero-order valence-corrected chi connectivity index (χ0v) is 13.0. The van der Waals surface area contributed by atoms with E-state index in [9.17, 15) is 27.9 Å². The van der Waals surface area contributed by atoms with Crippen LogP contribution in [0.5, 0.6) is 0 Å². The Kier molecular flexibility index (Phi) is 5.02. The Morgan fingerprint density at radius 2 is 1.83 bits per heavy atom. The van der Waals surface area contributed by atoms with Gasteiger partial charge in [0.1, 0.15) is 11.4 Å². The van der Waals surface area contributed by atoms with E-state index in [1.807, 2.05) is 5.32 Å². The van der Waals surface area contributed by atoms with Crippen LogP contribution < -0.4 is 10.6 Å². The average Bonchev–Trinajstić information content (AvgIpc) is 2.56. The van der Waals surface area contributed by atoms with Gasteiger partial charge in [0.2, 0.25) is 0 Å². The lowest BCUT2D eigenvalue weighted by molar-refractivity contribution is -0.202. The minimum absolute atomic E-state index is 0.0287. The third kappa shape index (κ3) is 3.30. The van der Waals surface area contributed by atoms with Crippen LogP contribution in [0.1, 0.15) is 12.8 Å². The molecule has 3 amide bonds. The second-order valence-electron chi connectivity index (χ2n) is 5.58. The molecule has 0 aliphatic carbocycles. The zero-order valence-electron chi connectivity index (χ0n) is 13.0. The summed E-state index contributed by atoms with van der Waals surface area (Å²) in [5.74, 6) is -6.16. The molecule has 2 rings (SSSR count). The van der Waals surface area contributed by atoms with Crippen LogP contribution in [0.15, 0.2) is 24.3 Å². The SMILES string of the molecule is CNC(=O)C(F)(F)C1(O)CCN(C(=O)Nc2ccccc2F)CC1. The van der Waals surface area contributed by atoms with E-state index in [-0.39, 0.29) is 18.8 Å². The molecule has 9 heteroatoms. The molecule has 1 aromatic carbocycles. The highest BCUT2D eigenvalue weighted by atomic mass is 19.3. The quantitative estimate of drug-likeness (QED) is 0.778. The number of likely N-dealkylation sites (tertiary alicyclic amines) is 1. The topological polar surface area (TPSA) is 81.7 Å². The summed E-state index contributed by atoms with van der Waals surface area (Å²) in [4.78, 5) is 24.5. The Bertz CT molecular complexity index is 631. The fraction of sp³-hybridized carbons (Fsp3) is 0.467. The summed E-state index contributed by atoms with van der Waals surface area (Å²) in [6.45, 7) is -0.382. The van der Waals surface area contributed by atoms with Gasteiger partial charge in [-0.25, -0.2) is 9.18 Å². The van der Waals surface area contributed by atoms with E-state index in [0.717, 1.165) is 7.05 Å². The molecule has 1 heterocycles. The van der Waals surface area contributed by atoms with Gasteiger partial charge in [-0.2, -0.15) is 8.78 Å². The second kappa shape index (κ2) is 6.68. The van der Waals surface area contributed by atoms with E-state index in [0.29, 0.717) is 0 Å². The number of aliphatic hydroxyl groups is 1. The lowest BCUT2D eigenvalue weighted by Crippen LogP contribution is -2.61. The van der Waals surface area contributed by atoms with Crippen LogP contribution >= 0.6 is 0 Å². The Balaban J connectivity index is 2.01. The number of rotatable bonds is 3. The molecule has 0 atom stereocenters. The Hall–Kier alpha value is -2.29. The summed E-state index contributed by atoms with van der Waals surface area (Å²) in [6.07, 6.45) is -0.948. The minimum atomic E-state index is -3.96. The van der Waals surface area contributed by atoms with Crippen molar-refractivity contribution in [2.24, 2.45) is 0 Å². The van der Waals surface area contributed by atoms with Gasteiger partial charge >= 0.3 is 12.0 Å². The first-order valence-corrected chi connectivity index (χ1v) is 7.34. The van der Waals surface area contributed by atoms with Crippen molar-refractivity contribution in [2.75, 3.05) is 25.5 Å². The number of carbonyl (C=O) groups excluding carboxylic acids is 2. The highest BCUT2D eigenvalue weighted by Gasteiger charge is 2.58. The van der Waals surface area contributed by atoms with Gasteiger partial charge in [0, 0.05) is 33.0 Å². The van der Waals surface area contributed by atoms with Crippen LogP contribution in [0.3, 0.4) is 0 Å². The molecule has 0 bridgehead atoms. The van der Waals surface area contributed by atoms with E-state index in [2.05, 4.69) is 5.32 Å². The highest BCUT2D eigenvalue weighted by molar-refractivity contribution is 5.89. The van der Waals surface area contributed by atoms with Gasteiger partial charge < -0.3 is 20.6 Å². The van der Waals surface area contributed by atoms with Crippen molar-refractivity contribution in [3.8, 4) is 0 Å². The summed E-state index contributed by atoms with van der Waals surface area (Å²) in [6, 6.07) is 4.89. The van der Waals surface area contributed by atoms with E-state index in [1.54, 1.807) is 0 Å². The predicted octanol–water partition coefficient (Wildman–Crippen LogP) is 1.57. The van der Waals surface area contributed by atoms with Crippen LogP contribution in [0.25, 0.3) is 0 Å². The molecule has 1 saturated heterocycles. The molecular formula is C15H18F3N3O3. The number of amides is 3. The smallest absolute Gasteiger partial charge is 0.352 e. The standard InChI is InChI=1S/C15H18F3N3O3/c1-19-12(22)15(17,18)14(24)6-8-21(9-7-14)13(23)20-11-5-3-2-4-10(11)16/h2-5,24H,6-9H2,1H3,(H,19,22)(H,20,23). The van der Waals surface area contributed by atoms with E-state index in [4.69, 9.17) is 0 Å². The third-order valence-corrected chi connectivity index (χ3v) is 4.09. The number of alkyl halides is 2. The third-order valence-electron chi connectivity index (χ3n) is 4.09. The summed E-state index contributed by atoms with van der Waals surface area (Å²) < 4.78 is 41.5. The van der Waals surface area contributed by atoms with Gasteiger partial charge in [0.25, 0.3) is 5.91 Å². The second-order valence-corrected chi connectivity index (χ2v) is 5.58. The lowest BCUT2D eigenvalue weighted by atomic mass is 9.84. The number of benzene rings is 1. The van der Waals surface area contributed by atoms with Crippen LogP contribution in [-0.2, 0) is 4.79 Å². The average molecular weight is 345 g/mol. The molecule has 0 saturated carbocycles. The molecule has 24 heavy (non-hydrogen) atoms. The van der Waals surface area contributed by atoms with E-state index in [1.165, 1.54) is 29.2 Å². The van der Waals surface area contributed by atoms with Crippen molar-refractivity contribution in [1.29, 1.82) is 0 Å². The number of hydrogen-bond acceptors (Lipinski definition) is 3. The molecule has 6 nitrogen and oxygen atoms in total. The molecule has 1 aliphatic heterocycles. The Labute approximate surface area is 136 Å². The van der Waals surface area contributed by atoms with Crippen molar-refractivity contribution in [3.05, 3.63) is 30.1 Å². The predicted molar refractivity (Wildman–Crippen MR) is 80.2 cm³/mol. The van der Waals surface area contributed by atoms with E-state index < -0.39 is 42.1 Å². The van der Waals surface area contributed by atoms with Crippen molar-refractivity contribution in [3.63, 3.8) is 0 Å². The normalized spacial score (nSPS) is 17.3. The van der Waals surface area contributed by atoms with Gasteiger partial charge in [0.05, 0.1) is 5.69 Å². The number of halogens is 3. The number of anilines is 1. The molecule has 1 aromatic rings. The molecule has 1 aliphatic rings. The lowest BCUT2D eigenvalue weighted by Gasteiger charge is -2.41. The van der Waals surface area contributed by atoms with Gasteiger partial charge in [-0.3, -0.25) is 4.79 Å². The van der Waals surface area contributed by atoms with Crippen LogP contribution in [0, 0.1) is 5.82 Å². The Morgan fingerprint density at radius 3 is 2.38 bits per heavy atom. The van der Waals surface area contributed by atoms with Crippen LogP contribution in [0.2, 0.25) is 0 Å². The Morgan fingerprint density at radius 1 is 1.25 bits per heavy atom. The first-order chi connectivity index (χ1) is 11.2. The number of nitrogens with zero attached hydrogens (tertiary/aromatic N) is 1. The number of urea groups is 1. The number of nitrogens with one attached hydrogen (secondary N) is 2. The molecule has 3 N–H and O–H groups in total. The van der Waals surface area contributed by atoms with Gasteiger partial charge in [0.15, 0.2) is 0 Å². The molecule has 0 spiro atoms. The summed E-state index contributed by atoms with van der Waals surface area (Å²) >= 11 is 0. The maximum absolute atomic E-state index is 14.0. The monoisotopic (exact) mass is 345 g/mol. The summed E-state index contributed by atoms with van der Waals surface area (Å²) in [7, 11) is 1.05. The molecule has 132 valence electrons. The summed E-state index contributed by atoms with van der Waals surface area (Å²) in [5, 5.41) is 14.3. The minimum Gasteiger partial charge on any atom is -0.383 e. The number of carbonyl (C=O) groups is 2. The van der Waals surface area contributed by atoms with Crippen molar-refractivity contribution in [2.45, 2.75) is 24.4 Å². The van der Waals surface area contributed by atoms with Crippen LogP contribution in [-0.4, -0.2) is 53.6 Å². The van der Waals surface area contributed by atoms with E-state index >= 15 is 0 Å². The first-order valence-electron chi connectivity index (χ1n) is 7.34. The fourth-order valence-corrected chi connectivity index (χ4v) is 2.52. The molecule has 0 radical (unpaired) electrons. The largest absolute Gasteiger partial charge is 0.383 e. The van der Waals surface area contributed by atoms with Gasteiger partial charge in [-0.1, -0.05) is 12.1 Å². The maximum Gasteiger partial charge on any atom is 0.352 e. The molecular weight excluding hydrogens is 327 g/mol. The molecule has 1 fully saturated rings. The first kappa shape index (κ1) is 18.1. The van der Waals surface area contributed by atoms with Gasteiger partial charge in [-0.15, -0.1) is 0 Å². The molecule has 0 unspecified atom stereocenters. The number of hydrogen-bond donors (Lipinski definition) is 3. The van der Waals surface area contributed by atoms with Crippen molar-refractivity contribution >= 4 is 17.6 Å². The summed E-state index contributed by atoms with van der Waals surface area (Å²) in [5.41, 5.74) is -2.55.